The number of rotatable bonds is 18. The van der Waals surface area contributed by atoms with Crippen LogP contribution in [0, 0.1) is 35.5 Å². The fourth-order valence-electron chi connectivity index (χ4n) is 3.17. The van der Waals surface area contributed by atoms with Gasteiger partial charge in [-0.05, 0) is 56.3 Å². The number of aliphatic carboxylic acids is 6. The molecule has 236 valence electrons. The van der Waals surface area contributed by atoms with E-state index in [2.05, 4.69) is 0 Å². The van der Waals surface area contributed by atoms with E-state index in [4.69, 9.17) is 30.6 Å². The van der Waals surface area contributed by atoms with Crippen molar-refractivity contribution in [3.05, 3.63) is 0 Å². The van der Waals surface area contributed by atoms with Gasteiger partial charge in [0.05, 0.1) is 17.8 Å². The number of hydrogen-bond donors (Lipinski definition) is 6. The molecule has 0 aromatic rings. The summed E-state index contributed by atoms with van der Waals surface area (Å²) in [6.45, 7) is 10.4. The summed E-state index contributed by atoms with van der Waals surface area (Å²) in [6, 6.07) is 0. The van der Waals surface area contributed by atoms with E-state index < -0.39 is 35.8 Å². The molecule has 0 fully saturated rings. The molecule has 0 aliphatic rings. The summed E-state index contributed by atoms with van der Waals surface area (Å²) in [4.78, 5) is 62.1. The molecule has 0 saturated carbocycles. The van der Waals surface area contributed by atoms with Crippen molar-refractivity contribution in [2.75, 3.05) is 0 Å². The van der Waals surface area contributed by atoms with Crippen molar-refractivity contribution < 1.29 is 76.5 Å². The Kier molecular flexibility index (Phi) is 28.1. The Bertz CT molecular complexity index is 671. The maximum Gasteiger partial charge on any atom is 0.306 e. The quantitative estimate of drug-likeness (QED) is 0.114. The first-order valence-electron chi connectivity index (χ1n) is 13.1. The normalized spacial score (nSPS) is 14.6. The van der Waals surface area contributed by atoms with E-state index in [1.807, 2.05) is 20.8 Å². The van der Waals surface area contributed by atoms with E-state index >= 15 is 0 Å². The molecule has 0 aromatic heterocycles. The van der Waals surface area contributed by atoms with Gasteiger partial charge in [0.1, 0.15) is 0 Å². The fourth-order valence-corrected chi connectivity index (χ4v) is 3.17. The van der Waals surface area contributed by atoms with Gasteiger partial charge in [-0.1, -0.05) is 41.5 Å². The van der Waals surface area contributed by atoms with Crippen molar-refractivity contribution in [3.8, 4) is 0 Å². The van der Waals surface area contributed by atoms with Crippen molar-refractivity contribution in [3.63, 3.8) is 0 Å². The predicted molar refractivity (Wildman–Crippen MR) is 142 cm³/mol. The van der Waals surface area contributed by atoms with Crippen molar-refractivity contribution in [1.82, 2.24) is 0 Å². The van der Waals surface area contributed by atoms with Crippen LogP contribution in [0.2, 0.25) is 0 Å². The third-order valence-corrected chi connectivity index (χ3v) is 6.11. The minimum atomic E-state index is -0.824. The topological polar surface area (TPSA) is 224 Å². The Hall–Kier alpha value is -2.66. The van der Waals surface area contributed by atoms with Crippen LogP contribution in [0.3, 0.4) is 0 Å². The molecule has 12 nitrogen and oxygen atoms in total. The van der Waals surface area contributed by atoms with Crippen molar-refractivity contribution in [2.24, 2.45) is 35.5 Å². The van der Waals surface area contributed by atoms with Crippen LogP contribution in [0.25, 0.3) is 0 Å². The average molecular weight is 621 g/mol. The standard InChI is InChI=1S/3C9H16O4.Fe/c3*1-6(5-8(10)11)3-4-7(2)9(12)13;/h3*6-7H,3-5H2,1-2H3,(H,10,11)(H,12,13);. The van der Waals surface area contributed by atoms with E-state index in [0.29, 0.717) is 38.5 Å². The van der Waals surface area contributed by atoms with Gasteiger partial charge in [0.2, 0.25) is 0 Å². The molecule has 0 saturated heterocycles. The zero-order chi connectivity index (χ0) is 31.3. The fraction of sp³-hybridized carbons (Fsp3) is 0.778. The van der Waals surface area contributed by atoms with Gasteiger partial charge in [-0.3, -0.25) is 28.8 Å². The van der Waals surface area contributed by atoms with Gasteiger partial charge in [0, 0.05) is 36.3 Å². The van der Waals surface area contributed by atoms with E-state index in [1.54, 1.807) is 20.8 Å². The van der Waals surface area contributed by atoms with Crippen LogP contribution in [0.1, 0.15) is 99.3 Å². The molecular formula is C27H48FeO12. The van der Waals surface area contributed by atoms with Crippen LogP contribution >= 0.6 is 0 Å². The van der Waals surface area contributed by atoms with Crippen molar-refractivity contribution >= 4 is 35.8 Å². The summed E-state index contributed by atoms with van der Waals surface area (Å²) >= 11 is 0. The van der Waals surface area contributed by atoms with Crippen molar-refractivity contribution in [2.45, 2.75) is 99.3 Å². The molecular weight excluding hydrogens is 572 g/mol. The second kappa shape index (κ2) is 25.3. The number of carboxylic acid groups (broad SMARTS) is 6. The largest absolute Gasteiger partial charge is 0.481 e. The summed E-state index contributed by atoms with van der Waals surface area (Å²) in [5.74, 6) is -5.89. The Balaban J connectivity index is -0.000000240. The summed E-state index contributed by atoms with van der Waals surface area (Å²) in [7, 11) is 0. The third kappa shape index (κ3) is 31.6. The zero-order valence-electron chi connectivity index (χ0n) is 24.3. The summed E-state index contributed by atoms with van der Waals surface area (Å²) in [5.41, 5.74) is 0. The van der Waals surface area contributed by atoms with Gasteiger partial charge in [0.25, 0.3) is 0 Å². The minimum absolute atomic E-state index is 0. The molecule has 6 atom stereocenters. The molecule has 0 aliphatic carbocycles. The molecule has 13 heteroatoms. The maximum absolute atomic E-state index is 10.4. The third-order valence-electron chi connectivity index (χ3n) is 6.11. The first-order chi connectivity index (χ1) is 17.8. The molecule has 0 amide bonds. The predicted octanol–water partition coefficient (Wildman–Crippen LogP) is 4.79. The first kappa shape index (κ1) is 44.4. The maximum atomic E-state index is 10.4. The smallest absolute Gasteiger partial charge is 0.306 e. The summed E-state index contributed by atoms with van der Waals surface area (Å²) < 4.78 is 0. The van der Waals surface area contributed by atoms with Gasteiger partial charge in [-0.15, -0.1) is 0 Å². The SMILES string of the molecule is CC(CCC(C)C(=O)O)CC(=O)O.CC(CCC(C)C(=O)O)CC(=O)O.CC(CCC(C)C(=O)O)CC(=O)O.[Fe]. The number of carboxylic acids is 6. The number of hydrogen-bond acceptors (Lipinski definition) is 6. The monoisotopic (exact) mass is 620 g/mol. The van der Waals surface area contributed by atoms with Crippen LogP contribution in [0.15, 0.2) is 0 Å². The molecule has 40 heavy (non-hydrogen) atoms. The van der Waals surface area contributed by atoms with Crippen LogP contribution in [0.5, 0.6) is 0 Å². The summed E-state index contributed by atoms with van der Waals surface area (Å²) in [6.07, 6.45) is 3.95. The average Bonchev–Trinajstić information content (AvgIpc) is 2.78. The first-order valence-corrected chi connectivity index (χ1v) is 13.1. The van der Waals surface area contributed by atoms with Gasteiger partial charge in [-0.2, -0.15) is 0 Å². The van der Waals surface area contributed by atoms with E-state index in [-0.39, 0.29) is 71.8 Å². The van der Waals surface area contributed by atoms with E-state index in [9.17, 15) is 28.8 Å². The Morgan fingerprint density at radius 3 is 0.700 bits per heavy atom. The molecule has 0 rings (SSSR count). The molecule has 0 aliphatic heterocycles. The second-order valence-corrected chi connectivity index (χ2v) is 10.6. The Morgan fingerprint density at radius 2 is 0.575 bits per heavy atom. The van der Waals surface area contributed by atoms with E-state index in [0.717, 1.165) is 0 Å². The number of carbonyl (C=O) groups is 6. The van der Waals surface area contributed by atoms with Crippen LogP contribution < -0.4 is 0 Å². The molecule has 0 bridgehead atoms. The van der Waals surface area contributed by atoms with Gasteiger partial charge in [-0.25, -0.2) is 0 Å². The van der Waals surface area contributed by atoms with Crippen LogP contribution in [0.4, 0.5) is 0 Å². The molecule has 6 unspecified atom stereocenters. The van der Waals surface area contributed by atoms with Crippen LogP contribution in [-0.2, 0) is 45.8 Å². The zero-order valence-corrected chi connectivity index (χ0v) is 25.4. The van der Waals surface area contributed by atoms with E-state index in [1.165, 1.54) is 0 Å². The minimum Gasteiger partial charge on any atom is -0.481 e. The molecule has 0 aromatic carbocycles. The van der Waals surface area contributed by atoms with Crippen LogP contribution in [-0.4, -0.2) is 66.5 Å². The summed E-state index contributed by atoms with van der Waals surface area (Å²) in [5, 5.41) is 51.0. The van der Waals surface area contributed by atoms with Gasteiger partial charge < -0.3 is 30.6 Å². The van der Waals surface area contributed by atoms with Crippen molar-refractivity contribution in [1.29, 1.82) is 0 Å². The molecule has 0 radical (unpaired) electrons. The Morgan fingerprint density at radius 1 is 0.400 bits per heavy atom. The molecule has 0 heterocycles. The second-order valence-electron chi connectivity index (χ2n) is 10.6. The van der Waals surface area contributed by atoms with Gasteiger partial charge >= 0.3 is 35.8 Å². The molecule has 6 N–H and O–H groups in total. The Labute approximate surface area is 247 Å². The molecule has 0 spiro atoms. The van der Waals surface area contributed by atoms with Gasteiger partial charge in [0.15, 0.2) is 0 Å².